The first-order chi connectivity index (χ1) is 11.7. The molecule has 0 aliphatic rings. The number of H-pyrrole nitrogens is 1. The molecule has 3 aromatic rings. The van der Waals surface area contributed by atoms with Crippen molar-refractivity contribution in [3.63, 3.8) is 0 Å². The van der Waals surface area contributed by atoms with Gasteiger partial charge in [0.15, 0.2) is 5.65 Å². The van der Waals surface area contributed by atoms with Crippen molar-refractivity contribution in [2.75, 3.05) is 24.4 Å². The first-order valence-electron chi connectivity index (χ1n) is 7.38. The number of carbonyl (C=O) groups is 1. The minimum atomic E-state index is -0.564. The number of hydrogen-bond acceptors (Lipinski definition) is 6. The summed E-state index contributed by atoms with van der Waals surface area (Å²) in [7, 11) is 1.62. The molecule has 0 bridgehead atoms. The zero-order valence-electron chi connectivity index (χ0n) is 13.3. The van der Waals surface area contributed by atoms with Gasteiger partial charge in [-0.1, -0.05) is 6.07 Å². The fourth-order valence-corrected chi connectivity index (χ4v) is 2.15. The molecule has 3 N–H and O–H groups in total. The molecule has 0 spiro atoms. The quantitative estimate of drug-likeness (QED) is 0.665. The van der Waals surface area contributed by atoms with Crippen LogP contribution in [0.3, 0.4) is 0 Å². The number of fused-ring (bicyclic) bond motifs is 1. The lowest BCUT2D eigenvalue weighted by Crippen LogP contribution is -2.14. The van der Waals surface area contributed by atoms with Crippen LogP contribution in [-0.2, 0) is 4.74 Å². The summed E-state index contributed by atoms with van der Waals surface area (Å²) < 4.78 is 10.0. The average Bonchev–Trinajstić information content (AvgIpc) is 2.96. The summed E-state index contributed by atoms with van der Waals surface area (Å²) >= 11 is 0. The smallest absolute Gasteiger partial charge is 0.413 e. The fraction of sp³-hybridized carbons (Fsp3) is 0.188. The molecule has 0 aliphatic carbocycles. The second-order valence-electron chi connectivity index (χ2n) is 4.88. The van der Waals surface area contributed by atoms with E-state index >= 15 is 0 Å². The first-order valence-corrected chi connectivity index (χ1v) is 7.38. The highest BCUT2D eigenvalue weighted by Gasteiger charge is 2.09. The third-order valence-electron chi connectivity index (χ3n) is 3.19. The van der Waals surface area contributed by atoms with Crippen LogP contribution in [0, 0.1) is 0 Å². The molecule has 3 rings (SSSR count). The predicted octanol–water partition coefficient (Wildman–Crippen LogP) is 3.28. The number of amides is 1. The van der Waals surface area contributed by atoms with E-state index in [-0.39, 0.29) is 5.95 Å². The highest BCUT2D eigenvalue weighted by Crippen LogP contribution is 2.23. The maximum Gasteiger partial charge on any atom is 0.413 e. The van der Waals surface area contributed by atoms with Crippen LogP contribution in [0.25, 0.3) is 11.2 Å². The molecule has 124 valence electrons. The number of carbonyl (C=O) groups excluding carboxylic acids is 1. The van der Waals surface area contributed by atoms with Crippen molar-refractivity contribution in [3.8, 4) is 5.75 Å². The van der Waals surface area contributed by atoms with Crippen LogP contribution in [0.4, 0.5) is 22.1 Å². The lowest BCUT2D eigenvalue weighted by molar-refractivity contribution is 0.167. The molecule has 0 fully saturated rings. The molecular formula is C16H17N5O3. The highest BCUT2D eigenvalue weighted by molar-refractivity contribution is 5.86. The lowest BCUT2D eigenvalue weighted by Gasteiger charge is -2.07. The Bertz CT molecular complexity index is 862. The van der Waals surface area contributed by atoms with Gasteiger partial charge < -0.3 is 19.8 Å². The van der Waals surface area contributed by atoms with Gasteiger partial charge in [0.1, 0.15) is 11.3 Å². The van der Waals surface area contributed by atoms with Crippen LogP contribution >= 0.6 is 0 Å². The summed E-state index contributed by atoms with van der Waals surface area (Å²) in [5, 5.41) is 5.74. The second-order valence-corrected chi connectivity index (χ2v) is 4.88. The minimum absolute atomic E-state index is 0.287. The van der Waals surface area contributed by atoms with Gasteiger partial charge in [-0.3, -0.25) is 5.32 Å². The van der Waals surface area contributed by atoms with Crippen molar-refractivity contribution in [1.82, 2.24) is 15.0 Å². The van der Waals surface area contributed by atoms with Gasteiger partial charge in [-0.2, -0.15) is 0 Å². The maximum atomic E-state index is 11.4. The topological polar surface area (TPSA) is 101 Å². The molecule has 8 nitrogen and oxygen atoms in total. The van der Waals surface area contributed by atoms with Crippen molar-refractivity contribution in [2.24, 2.45) is 0 Å². The number of hydrogen-bond donors (Lipinski definition) is 3. The maximum absolute atomic E-state index is 11.4. The molecule has 0 saturated carbocycles. The Balaban J connectivity index is 1.79. The van der Waals surface area contributed by atoms with E-state index in [1.54, 1.807) is 20.2 Å². The van der Waals surface area contributed by atoms with E-state index in [0.29, 0.717) is 17.8 Å². The van der Waals surface area contributed by atoms with E-state index in [1.807, 2.05) is 30.3 Å². The number of aromatic amines is 1. The van der Waals surface area contributed by atoms with E-state index in [4.69, 9.17) is 9.47 Å². The van der Waals surface area contributed by atoms with E-state index < -0.39 is 6.09 Å². The van der Waals surface area contributed by atoms with Gasteiger partial charge in [0.2, 0.25) is 5.95 Å². The van der Waals surface area contributed by atoms with Crippen LogP contribution < -0.4 is 15.4 Å². The fourth-order valence-electron chi connectivity index (χ4n) is 2.15. The molecule has 1 amide bonds. The van der Waals surface area contributed by atoms with E-state index in [2.05, 4.69) is 25.6 Å². The third-order valence-corrected chi connectivity index (χ3v) is 3.19. The average molecular weight is 327 g/mol. The molecular weight excluding hydrogens is 310 g/mol. The Morgan fingerprint density at radius 1 is 1.29 bits per heavy atom. The van der Waals surface area contributed by atoms with Crippen molar-refractivity contribution in [2.45, 2.75) is 6.92 Å². The number of imidazole rings is 1. The number of benzene rings is 1. The number of nitrogens with one attached hydrogen (secondary N) is 3. The summed E-state index contributed by atoms with van der Waals surface area (Å²) in [6, 6.07) is 9.39. The molecule has 24 heavy (non-hydrogen) atoms. The van der Waals surface area contributed by atoms with Gasteiger partial charge in [-0.25, -0.2) is 14.8 Å². The summed E-state index contributed by atoms with van der Waals surface area (Å²) in [6.07, 6.45) is 1.11. The molecule has 0 saturated heterocycles. The third kappa shape index (κ3) is 3.54. The SMILES string of the molecule is CCOC(=O)Nc1nc2cc(Nc3cccc(OC)c3)cnc2[nH]1. The normalized spacial score (nSPS) is 10.4. The van der Waals surface area contributed by atoms with Crippen molar-refractivity contribution >= 4 is 34.6 Å². The monoisotopic (exact) mass is 327 g/mol. The van der Waals surface area contributed by atoms with E-state index in [9.17, 15) is 4.79 Å². The summed E-state index contributed by atoms with van der Waals surface area (Å²) in [4.78, 5) is 22.9. The van der Waals surface area contributed by atoms with Gasteiger partial charge in [-0.05, 0) is 25.1 Å². The van der Waals surface area contributed by atoms with Gasteiger partial charge in [0, 0.05) is 11.8 Å². The second kappa shape index (κ2) is 6.86. The number of anilines is 3. The minimum Gasteiger partial charge on any atom is -0.497 e. The zero-order valence-corrected chi connectivity index (χ0v) is 13.3. The molecule has 2 aromatic heterocycles. The van der Waals surface area contributed by atoms with E-state index in [0.717, 1.165) is 17.1 Å². The Kier molecular flexibility index (Phi) is 4.46. The number of pyridine rings is 1. The number of ether oxygens (including phenoxy) is 2. The van der Waals surface area contributed by atoms with Gasteiger partial charge in [-0.15, -0.1) is 0 Å². The number of nitrogens with zero attached hydrogens (tertiary/aromatic N) is 2. The predicted molar refractivity (Wildman–Crippen MR) is 90.8 cm³/mol. The molecule has 0 unspecified atom stereocenters. The molecule has 1 aromatic carbocycles. The molecule has 0 atom stereocenters. The Morgan fingerprint density at radius 2 is 2.17 bits per heavy atom. The highest BCUT2D eigenvalue weighted by atomic mass is 16.5. The molecule has 8 heteroatoms. The number of aromatic nitrogens is 3. The Labute approximate surface area is 138 Å². The van der Waals surface area contributed by atoms with Crippen LogP contribution in [-0.4, -0.2) is 34.8 Å². The largest absolute Gasteiger partial charge is 0.497 e. The first kappa shape index (κ1) is 15.6. The standard InChI is InChI=1S/C16H17N5O3/c1-3-24-16(22)21-15-19-13-8-11(9-17-14(13)20-15)18-10-5-4-6-12(7-10)23-2/h4-9,18H,3H2,1-2H3,(H2,17,19,20,21,22). The number of methoxy groups -OCH3 is 1. The van der Waals surface area contributed by atoms with Gasteiger partial charge >= 0.3 is 6.09 Å². The molecule has 2 heterocycles. The van der Waals surface area contributed by atoms with Crippen LogP contribution in [0.1, 0.15) is 6.92 Å². The van der Waals surface area contributed by atoms with Gasteiger partial charge in [0.05, 0.1) is 25.6 Å². The van der Waals surface area contributed by atoms with Crippen molar-refractivity contribution < 1.29 is 14.3 Å². The van der Waals surface area contributed by atoms with Crippen LogP contribution in [0.15, 0.2) is 36.5 Å². The summed E-state index contributed by atoms with van der Waals surface area (Å²) in [5.74, 6) is 1.05. The molecule has 0 radical (unpaired) electrons. The van der Waals surface area contributed by atoms with Crippen molar-refractivity contribution in [3.05, 3.63) is 36.5 Å². The summed E-state index contributed by atoms with van der Waals surface area (Å²) in [5.41, 5.74) is 2.83. The molecule has 0 aliphatic heterocycles. The van der Waals surface area contributed by atoms with Crippen LogP contribution in [0.5, 0.6) is 5.75 Å². The lowest BCUT2D eigenvalue weighted by atomic mass is 10.3. The Morgan fingerprint density at radius 3 is 2.96 bits per heavy atom. The van der Waals surface area contributed by atoms with Gasteiger partial charge in [0.25, 0.3) is 0 Å². The van der Waals surface area contributed by atoms with Crippen molar-refractivity contribution in [1.29, 1.82) is 0 Å². The van der Waals surface area contributed by atoms with E-state index in [1.165, 1.54) is 0 Å². The Hall–Kier alpha value is -3.29. The van der Waals surface area contributed by atoms with Crippen LogP contribution in [0.2, 0.25) is 0 Å². The zero-order chi connectivity index (χ0) is 16.9. The number of rotatable bonds is 5. The summed E-state index contributed by atoms with van der Waals surface area (Å²) in [6.45, 7) is 2.02.